The smallest absolute Gasteiger partial charge is 0.161 e. The molecule has 2 aromatic carbocycles. The van der Waals surface area contributed by atoms with Gasteiger partial charge in [-0.15, -0.1) is 0 Å². The Morgan fingerprint density at radius 1 is 1.04 bits per heavy atom. The van der Waals surface area contributed by atoms with Crippen molar-refractivity contribution in [3.8, 4) is 39.8 Å². The van der Waals surface area contributed by atoms with E-state index in [-0.39, 0.29) is 18.1 Å². The summed E-state index contributed by atoms with van der Waals surface area (Å²) in [5.41, 5.74) is 3.12. The van der Waals surface area contributed by atoms with Crippen LogP contribution in [-0.2, 0) is 6.54 Å². The summed E-state index contributed by atoms with van der Waals surface area (Å²) in [6, 6.07) is 12.1. The molecule has 7 heteroatoms. The standard InChI is InChI=1S/C18H17BrN2O4/c1-25-18-9-12(3-5-17(18)24)15-10-14(20-21(15)6-7-22)11-2-4-16(23)13(19)8-11/h2-5,8-10,22-24H,6-7H2,1H3. The number of aromatic hydroxyl groups is 2. The summed E-state index contributed by atoms with van der Waals surface area (Å²) < 4.78 is 7.44. The molecule has 6 nitrogen and oxygen atoms in total. The average Bonchev–Trinajstić information content (AvgIpc) is 3.02. The Hall–Kier alpha value is -2.51. The van der Waals surface area contributed by atoms with E-state index < -0.39 is 0 Å². The molecule has 1 heterocycles. The lowest BCUT2D eigenvalue weighted by atomic mass is 10.1. The highest BCUT2D eigenvalue weighted by molar-refractivity contribution is 9.10. The zero-order valence-electron chi connectivity index (χ0n) is 13.5. The first-order valence-corrected chi connectivity index (χ1v) is 8.37. The molecule has 0 aliphatic rings. The second-order valence-electron chi connectivity index (χ2n) is 5.41. The quantitative estimate of drug-likeness (QED) is 0.606. The van der Waals surface area contributed by atoms with Gasteiger partial charge in [-0.2, -0.15) is 5.10 Å². The minimum atomic E-state index is -0.0530. The number of benzene rings is 2. The molecule has 25 heavy (non-hydrogen) atoms. The molecule has 0 bridgehead atoms. The van der Waals surface area contributed by atoms with Gasteiger partial charge < -0.3 is 20.1 Å². The minimum absolute atomic E-state index is 0.0530. The number of methoxy groups -OCH3 is 1. The highest BCUT2D eigenvalue weighted by Crippen LogP contribution is 2.34. The number of rotatable bonds is 5. The molecule has 3 aromatic rings. The van der Waals surface area contributed by atoms with Crippen LogP contribution in [0.4, 0.5) is 0 Å². The van der Waals surface area contributed by atoms with Crippen LogP contribution in [0.2, 0.25) is 0 Å². The first kappa shape index (κ1) is 17.3. The van der Waals surface area contributed by atoms with E-state index in [2.05, 4.69) is 21.0 Å². The number of halogens is 1. The summed E-state index contributed by atoms with van der Waals surface area (Å²) in [7, 11) is 1.49. The fourth-order valence-electron chi connectivity index (χ4n) is 2.56. The molecule has 0 aliphatic heterocycles. The topological polar surface area (TPSA) is 87.7 Å². The van der Waals surface area contributed by atoms with E-state index in [0.717, 1.165) is 16.8 Å². The van der Waals surface area contributed by atoms with Crippen molar-refractivity contribution in [3.05, 3.63) is 46.9 Å². The van der Waals surface area contributed by atoms with Crippen LogP contribution >= 0.6 is 15.9 Å². The van der Waals surface area contributed by atoms with Crippen LogP contribution in [0.25, 0.3) is 22.5 Å². The minimum Gasteiger partial charge on any atom is -0.507 e. The van der Waals surface area contributed by atoms with E-state index in [1.807, 2.05) is 6.07 Å². The number of hydrogen-bond acceptors (Lipinski definition) is 5. The molecule has 3 rings (SSSR count). The van der Waals surface area contributed by atoms with E-state index in [1.165, 1.54) is 7.11 Å². The van der Waals surface area contributed by atoms with Crippen molar-refractivity contribution in [1.29, 1.82) is 0 Å². The van der Waals surface area contributed by atoms with Crippen molar-refractivity contribution >= 4 is 15.9 Å². The van der Waals surface area contributed by atoms with E-state index in [0.29, 0.717) is 22.5 Å². The molecule has 0 aliphatic carbocycles. The third-order valence-corrected chi connectivity index (χ3v) is 4.45. The summed E-state index contributed by atoms with van der Waals surface area (Å²) >= 11 is 3.30. The summed E-state index contributed by atoms with van der Waals surface area (Å²) in [6.07, 6.45) is 0. The third-order valence-electron chi connectivity index (χ3n) is 3.81. The second-order valence-corrected chi connectivity index (χ2v) is 6.27. The summed E-state index contributed by atoms with van der Waals surface area (Å²) in [5.74, 6) is 0.576. The van der Waals surface area contributed by atoms with Gasteiger partial charge in [0.05, 0.1) is 36.1 Å². The predicted molar refractivity (Wildman–Crippen MR) is 97.8 cm³/mol. The Balaban J connectivity index is 2.10. The molecule has 130 valence electrons. The average molecular weight is 405 g/mol. The van der Waals surface area contributed by atoms with Crippen LogP contribution in [0.3, 0.4) is 0 Å². The molecule has 0 unspecified atom stereocenters. The molecule has 0 saturated carbocycles. The van der Waals surface area contributed by atoms with Gasteiger partial charge in [0.2, 0.25) is 0 Å². The lowest BCUT2D eigenvalue weighted by Crippen LogP contribution is -2.05. The maximum atomic E-state index is 9.78. The SMILES string of the molecule is COc1cc(-c2cc(-c3ccc(O)c(Br)c3)nn2CCO)ccc1O. The van der Waals surface area contributed by atoms with Crippen molar-refractivity contribution in [2.75, 3.05) is 13.7 Å². The molecule has 0 spiro atoms. The first-order valence-electron chi connectivity index (χ1n) is 7.58. The van der Waals surface area contributed by atoms with Gasteiger partial charge in [-0.05, 0) is 58.4 Å². The van der Waals surface area contributed by atoms with E-state index in [1.54, 1.807) is 41.1 Å². The van der Waals surface area contributed by atoms with Gasteiger partial charge in [0.15, 0.2) is 11.5 Å². The van der Waals surface area contributed by atoms with Crippen molar-refractivity contribution in [1.82, 2.24) is 9.78 Å². The van der Waals surface area contributed by atoms with Crippen molar-refractivity contribution in [2.24, 2.45) is 0 Å². The molecule has 0 fully saturated rings. The molecule has 3 N–H and O–H groups in total. The Labute approximate surface area is 153 Å². The lowest BCUT2D eigenvalue weighted by molar-refractivity contribution is 0.270. The Morgan fingerprint density at radius 2 is 1.76 bits per heavy atom. The third kappa shape index (κ3) is 3.47. The van der Waals surface area contributed by atoms with Crippen molar-refractivity contribution in [3.63, 3.8) is 0 Å². The Morgan fingerprint density at radius 3 is 2.44 bits per heavy atom. The summed E-state index contributed by atoms with van der Waals surface area (Å²) in [5, 5.41) is 33.3. The maximum Gasteiger partial charge on any atom is 0.161 e. The largest absolute Gasteiger partial charge is 0.507 e. The fraction of sp³-hybridized carbons (Fsp3) is 0.167. The number of nitrogens with zero attached hydrogens (tertiary/aromatic N) is 2. The molecule has 0 radical (unpaired) electrons. The van der Waals surface area contributed by atoms with Gasteiger partial charge in [0.1, 0.15) is 5.75 Å². The summed E-state index contributed by atoms with van der Waals surface area (Å²) in [6.45, 7) is 0.278. The van der Waals surface area contributed by atoms with Gasteiger partial charge in [-0.25, -0.2) is 0 Å². The van der Waals surface area contributed by atoms with Crippen LogP contribution in [0.15, 0.2) is 46.9 Å². The Bertz CT molecular complexity index is 908. The monoisotopic (exact) mass is 404 g/mol. The number of phenolic OH excluding ortho intramolecular Hbond substituents is 2. The molecular weight excluding hydrogens is 388 g/mol. The number of aliphatic hydroxyl groups excluding tert-OH is 1. The molecule has 0 saturated heterocycles. The molecule has 0 atom stereocenters. The van der Waals surface area contributed by atoms with Gasteiger partial charge >= 0.3 is 0 Å². The number of aliphatic hydroxyl groups is 1. The second kappa shape index (κ2) is 7.16. The van der Waals surface area contributed by atoms with Gasteiger partial charge in [0, 0.05) is 11.1 Å². The van der Waals surface area contributed by atoms with Gasteiger partial charge in [-0.1, -0.05) is 0 Å². The number of phenols is 2. The fourth-order valence-corrected chi connectivity index (χ4v) is 2.94. The maximum absolute atomic E-state index is 9.78. The zero-order valence-corrected chi connectivity index (χ0v) is 15.1. The predicted octanol–water partition coefficient (Wildman–Crippen LogP) is 3.39. The first-order chi connectivity index (χ1) is 12.0. The highest BCUT2D eigenvalue weighted by Gasteiger charge is 2.14. The molecular formula is C18H17BrN2O4. The van der Waals surface area contributed by atoms with E-state index in [4.69, 9.17) is 4.74 Å². The zero-order chi connectivity index (χ0) is 18.0. The van der Waals surface area contributed by atoms with Crippen LogP contribution in [0.1, 0.15) is 0 Å². The van der Waals surface area contributed by atoms with Crippen LogP contribution < -0.4 is 4.74 Å². The van der Waals surface area contributed by atoms with E-state index >= 15 is 0 Å². The normalized spacial score (nSPS) is 10.8. The molecule has 1 aromatic heterocycles. The van der Waals surface area contributed by atoms with Crippen molar-refractivity contribution in [2.45, 2.75) is 6.54 Å². The number of hydrogen-bond donors (Lipinski definition) is 3. The molecule has 0 amide bonds. The number of ether oxygens (including phenoxy) is 1. The van der Waals surface area contributed by atoms with E-state index in [9.17, 15) is 15.3 Å². The summed E-state index contributed by atoms with van der Waals surface area (Å²) in [4.78, 5) is 0. The van der Waals surface area contributed by atoms with Crippen LogP contribution in [0.5, 0.6) is 17.2 Å². The van der Waals surface area contributed by atoms with Gasteiger partial charge in [-0.3, -0.25) is 4.68 Å². The van der Waals surface area contributed by atoms with Crippen LogP contribution in [0, 0.1) is 0 Å². The van der Waals surface area contributed by atoms with Crippen molar-refractivity contribution < 1.29 is 20.1 Å². The van der Waals surface area contributed by atoms with Gasteiger partial charge in [0.25, 0.3) is 0 Å². The van der Waals surface area contributed by atoms with Crippen LogP contribution in [-0.4, -0.2) is 38.8 Å². The number of aromatic nitrogens is 2. The highest BCUT2D eigenvalue weighted by atomic mass is 79.9. The Kier molecular flexibility index (Phi) is 4.96. The lowest BCUT2D eigenvalue weighted by Gasteiger charge is -2.08.